The van der Waals surface area contributed by atoms with Gasteiger partial charge in [-0.05, 0) is 48.9 Å². The lowest BCUT2D eigenvalue weighted by molar-refractivity contribution is -0.117. The molecule has 2 N–H and O–H groups in total. The highest BCUT2D eigenvalue weighted by molar-refractivity contribution is 7.90. The zero-order valence-electron chi connectivity index (χ0n) is 17.8. The molecule has 2 amide bonds. The number of hydrogen-bond donors (Lipinski definition) is 2. The summed E-state index contributed by atoms with van der Waals surface area (Å²) in [4.78, 5) is 39.8. The molecular weight excluding hydrogens is 446 g/mol. The van der Waals surface area contributed by atoms with Crippen LogP contribution >= 0.6 is 0 Å². The fourth-order valence-electron chi connectivity index (χ4n) is 2.85. The molecule has 1 aromatic heterocycles. The highest BCUT2D eigenvalue weighted by Gasteiger charge is 2.20. The molecule has 0 fully saturated rings. The summed E-state index contributed by atoms with van der Waals surface area (Å²) in [5.74, 6) is -2.23. The number of hydrogen-bond acceptors (Lipinski definition) is 7. The van der Waals surface area contributed by atoms with Crippen molar-refractivity contribution in [1.82, 2.24) is 9.71 Å². The lowest BCUT2D eigenvalue weighted by Crippen LogP contribution is -2.30. The first-order chi connectivity index (χ1) is 15.7. The minimum absolute atomic E-state index is 0.0175. The molecule has 0 aliphatic rings. The van der Waals surface area contributed by atoms with E-state index in [1.165, 1.54) is 43.5 Å². The average molecular weight is 468 g/mol. The maximum Gasteiger partial charge on any atom is 0.356 e. The summed E-state index contributed by atoms with van der Waals surface area (Å²) < 4.78 is 31.6. The number of benzene rings is 2. The number of pyridine rings is 1. The molecule has 1 atom stereocenters. The smallest absolute Gasteiger partial charge is 0.356 e. The van der Waals surface area contributed by atoms with Gasteiger partial charge in [0.05, 0.1) is 23.5 Å². The van der Waals surface area contributed by atoms with E-state index in [4.69, 9.17) is 0 Å². The van der Waals surface area contributed by atoms with Crippen molar-refractivity contribution in [1.29, 1.82) is 0 Å². The Morgan fingerprint density at radius 3 is 2.18 bits per heavy atom. The average Bonchev–Trinajstić information content (AvgIpc) is 2.83. The third-order valence-electron chi connectivity index (χ3n) is 4.77. The van der Waals surface area contributed by atoms with Crippen LogP contribution in [0.3, 0.4) is 0 Å². The van der Waals surface area contributed by atoms with Crippen LogP contribution in [0.5, 0.6) is 0 Å². The van der Waals surface area contributed by atoms with Gasteiger partial charge in [0.2, 0.25) is 5.91 Å². The molecule has 0 aliphatic carbocycles. The number of carbonyl (C=O) groups excluding carboxylic acids is 3. The van der Waals surface area contributed by atoms with Crippen LogP contribution in [0.2, 0.25) is 0 Å². The van der Waals surface area contributed by atoms with Crippen LogP contribution in [-0.2, 0) is 19.6 Å². The third-order valence-corrected chi connectivity index (χ3v) is 6.12. The summed E-state index contributed by atoms with van der Waals surface area (Å²) in [7, 11) is -2.98. The van der Waals surface area contributed by atoms with Crippen LogP contribution < -0.4 is 10.0 Å². The van der Waals surface area contributed by atoms with E-state index in [1.54, 1.807) is 6.92 Å². The largest absolute Gasteiger partial charge is 0.464 e. The standard InChI is InChI=1S/C23H21N3O6S/c1-15(16-6-4-3-5-7-16)21(27)25-18-9-11-19(12-10-18)33(30,31)26-22(28)17-8-13-20(24-14-17)23(29)32-2/h3-15H,1-2H3,(H,25,27)(H,26,28). The zero-order valence-corrected chi connectivity index (χ0v) is 18.6. The molecule has 2 aromatic carbocycles. The fourth-order valence-corrected chi connectivity index (χ4v) is 3.83. The lowest BCUT2D eigenvalue weighted by Gasteiger charge is -2.13. The van der Waals surface area contributed by atoms with Gasteiger partial charge in [0.15, 0.2) is 0 Å². The van der Waals surface area contributed by atoms with E-state index in [9.17, 15) is 22.8 Å². The highest BCUT2D eigenvalue weighted by Crippen LogP contribution is 2.19. The van der Waals surface area contributed by atoms with Crippen molar-refractivity contribution >= 4 is 33.5 Å². The SMILES string of the molecule is COC(=O)c1ccc(C(=O)NS(=O)(=O)c2ccc(NC(=O)C(C)c3ccccc3)cc2)cn1. The minimum atomic E-state index is -4.17. The van der Waals surface area contributed by atoms with Crippen LogP contribution in [0.25, 0.3) is 0 Å². The Kier molecular flexibility index (Phi) is 7.19. The van der Waals surface area contributed by atoms with Gasteiger partial charge in [-0.2, -0.15) is 0 Å². The molecular formula is C23H21N3O6S. The first-order valence-electron chi connectivity index (χ1n) is 9.78. The van der Waals surface area contributed by atoms with Crippen molar-refractivity contribution < 1.29 is 27.5 Å². The third kappa shape index (κ3) is 5.80. The molecule has 3 aromatic rings. The van der Waals surface area contributed by atoms with Crippen molar-refractivity contribution in [2.45, 2.75) is 17.7 Å². The van der Waals surface area contributed by atoms with Crippen LogP contribution in [0, 0.1) is 0 Å². The lowest BCUT2D eigenvalue weighted by atomic mass is 10.0. The maximum atomic E-state index is 12.6. The van der Waals surface area contributed by atoms with Crippen LogP contribution in [0.1, 0.15) is 39.3 Å². The molecule has 0 radical (unpaired) electrons. The van der Waals surface area contributed by atoms with E-state index < -0.39 is 27.8 Å². The molecule has 0 saturated heterocycles. The number of ether oxygens (including phenoxy) is 1. The fraction of sp³-hybridized carbons (Fsp3) is 0.130. The summed E-state index contributed by atoms with van der Waals surface area (Å²) in [6.07, 6.45) is 1.07. The molecule has 0 spiro atoms. The minimum Gasteiger partial charge on any atom is -0.464 e. The maximum absolute atomic E-state index is 12.6. The molecule has 0 saturated carbocycles. The number of nitrogens with zero attached hydrogens (tertiary/aromatic N) is 1. The van der Waals surface area contributed by atoms with Crippen molar-refractivity contribution in [2.24, 2.45) is 0 Å². The van der Waals surface area contributed by atoms with Gasteiger partial charge in [0.25, 0.3) is 15.9 Å². The monoisotopic (exact) mass is 467 g/mol. The number of methoxy groups -OCH3 is 1. The molecule has 9 nitrogen and oxygen atoms in total. The van der Waals surface area contributed by atoms with Gasteiger partial charge in [-0.25, -0.2) is 22.9 Å². The second-order valence-corrected chi connectivity index (χ2v) is 8.69. The second kappa shape index (κ2) is 10.0. The number of anilines is 1. The number of carbonyl (C=O) groups is 3. The van der Waals surface area contributed by atoms with Gasteiger partial charge < -0.3 is 10.1 Å². The van der Waals surface area contributed by atoms with Gasteiger partial charge in [-0.15, -0.1) is 0 Å². The molecule has 1 heterocycles. The summed E-state index contributed by atoms with van der Waals surface area (Å²) in [6, 6.07) is 17.2. The molecule has 0 bridgehead atoms. The zero-order chi connectivity index (χ0) is 24.0. The van der Waals surface area contributed by atoms with E-state index in [0.29, 0.717) is 5.69 Å². The van der Waals surface area contributed by atoms with E-state index in [-0.39, 0.29) is 22.1 Å². The first-order valence-corrected chi connectivity index (χ1v) is 11.3. The Balaban J connectivity index is 1.66. The Hall–Kier alpha value is -4.05. The summed E-state index contributed by atoms with van der Waals surface area (Å²) >= 11 is 0. The normalized spacial score (nSPS) is 11.8. The summed E-state index contributed by atoms with van der Waals surface area (Å²) in [6.45, 7) is 1.77. The van der Waals surface area contributed by atoms with Crippen molar-refractivity contribution in [3.63, 3.8) is 0 Å². The Morgan fingerprint density at radius 2 is 1.61 bits per heavy atom. The van der Waals surface area contributed by atoms with Gasteiger partial charge >= 0.3 is 5.97 Å². The first kappa shape index (κ1) is 23.6. The summed E-state index contributed by atoms with van der Waals surface area (Å²) in [5.41, 5.74) is 1.20. The Bertz CT molecular complexity index is 1260. The van der Waals surface area contributed by atoms with E-state index in [0.717, 1.165) is 11.8 Å². The van der Waals surface area contributed by atoms with Crippen molar-refractivity contribution in [3.05, 3.63) is 89.7 Å². The number of aromatic nitrogens is 1. The number of esters is 1. The van der Waals surface area contributed by atoms with E-state index in [2.05, 4.69) is 15.0 Å². The van der Waals surface area contributed by atoms with Crippen molar-refractivity contribution in [3.8, 4) is 0 Å². The molecule has 3 rings (SSSR count). The number of sulfonamides is 1. The number of nitrogens with one attached hydrogen (secondary N) is 2. The topological polar surface area (TPSA) is 132 Å². The highest BCUT2D eigenvalue weighted by atomic mass is 32.2. The van der Waals surface area contributed by atoms with Crippen LogP contribution in [0.4, 0.5) is 5.69 Å². The Morgan fingerprint density at radius 1 is 0.939 bits per heavy atom. The predicted molar refractivity (Wildman–Crippen MR) is 120 cm³/mol. The molecule has 170 valence electrons. The van der Waals surface area contributed by atoms with Crippen LogP contribution in [-0.4, -0.2) is 38.3 Å². The van der Waals surface area contributed by atoms with Gasteiger partial charge in [0.1, 0.15) is 5.69 Å². The molecule has 1 unspecified atom stereocenters. The summed E-state index contributed by atoms with van der Waals surface area (Å²) in [5, 5.41) is 2.74. The molecule has 10 heteroatoms. The van der Waals surface area contributed by atoms with Crippen LogP contribution in [0.15, 0.2) is 77.8 Å². The van der Waals surface area contributed by atoms with Crippen molar-refractivity contribution in [2.75, 3.05) is 12.4 Å². The number of rotatable bonds is 7. The number of amides is 2. The Labute approximate surface area is 190 Å². The van der Waals surface area contributed by atoms with Gasteiger partial charge in [-0.1, -0.05) is 30.3 Å². The molecule has 33 heavy (non-hydrogen) atoms. The van der Waals surface area contributed by atoms with E-state index >= 15 is 0 Å². The second-order valence-electron chi connectivity index (χ2n) is 7.00. The van der Waals surface area contributed by atoms with Gasteiger partial charge in [0, 0.05) is 11.9 Å². The van der Waals surface area contributed by atoms with Gasteiger partial charge in [-0.3, -0.25) is 9.59 Å². The molecule has 0 aliphatic heterocycles. The predicted octanol–water partition coefficient (Wildman–Crippen LogP) is 2.73. The van der Waals surface area contributed by atoms with E-state index in [1.807, 2.05) is 35.1 Å². The quantitative estimate of drug-likeness (QED) is 0.511.